The summed E-state index contributed by atoms with van der Waals surface area (Å²) in [4.78, 5) is 18.0. The lowest BCUT2D eigenvalue weighted by Crippen LogP contribution is -2.38. The highest BCUT2D eigenvalue weighted by atomic mass is 16.5. The molecule has 1 aliphatic heterocycles. The monoisotopic (exact) mass is 237 g/mol. The van der Waals surface area contributed by atoms with Crippen molar-refractivity contribution in [1.29, 1.82) is 0 Å². The molecule has 0 bridgehead atoms. The highest BCUT2D eigenvalue weighted by molar-refractivity contribution is 5.75. The average molecular weight is 237 g/mol. The smallest absolute Gasteiger partial charge is 0.323 e. The third-order valence-corrected chi connectivity index (χ3v) is 3.39. The molecule has 1 aliphatic rings. The second-order valence-electron chi connectivity index (χ2n) is 4.39. The Bertz CT molecular complexity index is 389. The van der Waals surface area contributed by atoms with E-state index < -0.39 is 0 Å². The first-order valence-corrected chi connectivity index (χ1v) is 6.02. The first-order valence-electron chi connectivity index (χ1n) is 6.02. The minimum atomic E-state index is -0.107. The Labute approximate surface area is 101 Å². The van der Waals surface area contributed by atoms with Gasteiger partial charge in [-0.3, -0.25) is 9.69 Å². The molecule has 1 fully saturated rings. The number of esters is 1. The van der Waals surface area contributed by atoms with Crippen LogP contribution in [-0.2, 0) is 16.1 Å². The fourth-order valence-electron chi connectivity index (χ4n) is 2.37. The number of likely N-dealkylation sites (tertiary alicyclic amines) is 1. The van der Waals surface area contributed by atoms with E-state index in [4.69, 9.17) is 4.74 Å². The molecule has 0 N–H and O–H groups in total. The molecular formula is C12H19N3O2. The van der Waals surface area contributed by atoms with Crippen LogP contribution in [0.25, 0.3) is 0 Å². The van der Waals surface area contributed by atoms with Gasteiger partial charge < -0.3 is 9.30 Å². The zero-order chi connectivity index (χ0) is 12.3. The van der Waals surface area contributed by atoms with E-state index in [1.165, 1.54) is 7.11 Å². The molecule has 1 unspecified atom stereocenters. The van der Waals surface area contributed by atoms with Crippen LogP contribution in [0.4, 0.5) is 0 Å². The van der Waals surface area contributed by atoms with Gasteiger partial charge in [0.25, 0.3) is 0 Å². The number of carbonyl (C=O) groups is 1. The second kappa shape index (κ2) is 5.31. The summed E-state index contributed by atoms with van der Waals surface area (Å²) in [6.07, 6.45) is 5.76. The van der Waals surface area contributed by atoms with E-state index in [1.807, 2.05) is 13.1 Å². The topological polar surface area (TPSA) is 47.4 Å². The van der Waals surface area contributed by atoms with Crippen molar-refractivity contribution in [2.24, 2.45) is 0 Å². The number of hydrogen-bond acceptors (Lipinski definition) is 4. The van der Waals surface area contributed by atoms with Gasteiger partial charge in [0, 0.05) is 25.5 Å². The molecular weight excluding hydrogens is 218 g/mol. The van der Waals surface area contributed by atoms with Gasteiger partial charge in [0.1, 0.15) is 11.9 Å². The standard InChI is InChI=1S/C12H19N3O2/c1-10-13-5-7-14(10)8-9-15-6-3-4-11(15)12(16)17-2/h5,7,11H,3-4,6,8-9H2,1-2H3. The lowest BCUT2D eigenvalue weighted by atomic mass is 10.2. The minimum absolute atomic E-state index is 0.0520. The summed E-state index contributed by atoms with van der Waals surface area (Å²) in [6.45, 7) is 4.71. The Balaban J connectivity index is 1.90. The Morgan fingerprint density at radius 2 is 2.41 bits per heavy atom. The zero-order valence-electron chi connectivity index (χ0n) is 10.4. The van der Waals surface area contributed by atoms with Crippen molar-refractivity contribution >= 4 is 5.97 Å². The third-order valence-electron chi connectivity index (χ3n) is 3.39. The summed E-state index contributed by atoms with van der Waals surface area (Å²) in [6, 6.07) is -0.0520. The lowest BCUT2D eigenvalue weighted by Gasteiger charge is -2.22. The summed E-state index contributed by atoms with van der Waals surface area (Å²) in [5.74, 6) is 0.906. The van der Waals surface area contributed by atoms with E-state index in [1.54, 1.807) is 6.20 Å². The number of aryl methyl sites for hydroxylation is 1. The summed E-state index contributed by atoms with van der Waals surface area (Å²) >= 11 is 0. The van der Waals surface area contributed by atoms with Gasteiger partial charge in [0.05, 0.1) is 7.11 Å². The van der Waals surface area contributed by atoms with Gasteiger partial charge in [-0.25, -0.2) is 4.98 Å². The molecule has 0 amide bonds. The van der Waals surface area contributed by atoms with E-state index in [-0.39, 0.29) is 12.0 Å². The molecule has 1 aromatic rings. The molecule has 0 aromatic carbocycles. The zero-order valence-corrected chi connectivity index (χ0v) is 10.4. The van der Waals surface area contributed by atoms with Crippen molar-refractivity contribution in [3.05, 3.63) is 18.2 Å². The Hall–Kier alpha value is -1.36. The SMILES string of the molecule is COC(=O)C1CCCN1CCn1ccnc1C. The molecule has 0 spiro atoms. The van der Waals surface area contributed by atoms with Gasteiger partial charge in [0.15, 0.2) is 0 Å². The van der Waals surface area contributed by atoms with Crippen LogP contribution >= 0.6 is 0 Å². The van der Waals surface area contributed by atoms with Gasteiger partial charge in [-0.1, -0.05) is 0 Å². The normalized spacial score (nSPS) is 20.7. The van der Waals surface area contributed by atoms with Gasteiger partial charge in [-0.15, -0.1) is 0 Å². The molecule has 2 rings (SSSR count). The van der Waals surface area contributed by atoms with Crippen molar-refractivity contribution in [3.63, 3.8) is 0 Å². The van der Waals surface area contributed by atoms with Crippen molar-refractivity contribution in [3.8, 4) is 0 Å². The number of ether oxygens (including phenoxy) is 1. The van der Waals surface area contributed by atoms with Crippen molar-refractivity contribution in [2.45, 2.75) is 32.4 Å². The van der Waals surface area contributed by atoms with E-state index in [0.29, 0.717) is 0 Å². The second-order valence-corrected chi connectivity index (χ2v) is 4.39. The number of rotatable bonds is 4. The van der Waals surface area contributed by atoms with Crippen LogP contribution in [0.3, 0.4) is 0 Å². The number of methoxy groups -OCH3 is 1. The number of nitrogens with zero attached hydrogens (tertiary/aromatic N) is 3. The van der Waals surface area contributed by atoms with E-state index in [9.17, 15) is 4.79 Å². The molecule has 5 nitrogen and oxygen atoms in total. The predicted octanol–water partition coefficient (Wildman–Crippen LogP) is 0.829. The van der Waals surface area contributed by atoms with Crippen LogP contribution in [0, 0.1) is 6.92 Å². The van der Waals surface area contributed by atoms with Crippen LogP contribution in [0.1, 0.15) is 18.7 Å². The largest absolute Gasteiger partial charge is 0.468 e. The van der Waals surface area contributed by atoms with Gasteiger partial charge in [0.2, 0.25) is 0 Å². The van der Waals surface area contributed by atoms with Gasteiger partial charge in [-0.05, 0) is 26.3 Å². The van der Waals surface area contributed by atoms with Crippen LogP contribution in [0.15, 0.2) is 12.4 Å². The fourth-order valence-corrected chi connectivity index (χ4v) is 2.37. The summed E-state index contributed by atoms with van der Waals surface area (Å²) in [5, 5.41) is 0. The van der Waals surface area contributed by atoms with Gasteiger partial charge >= 0.3 is 5.97 Å². The third kappa shape index (κ3) is 2.66. The van der Waals surface area contributed by atoms with Crippen LogP contribution < -0.4 is 0 Å². The molecule has 0 saturated carbocycles. The summed E-state index contributed by atoms with van der Waals surface area (Å²) < 4.78 is 6.93. The van der Waals surface area contributed by atoms with Crippen LogP contribution in [0.2, 0.25) is 0 Å². The highest BCUT2D eigenvalue weighted by Gasteiger charge is 2.30. The van der Waals surface area contributed by atoms with Crippen molar-refractivity contribution in [1.82, 2.24) is 14.5 Å². The average Bonchev–Trinajstić information content (AvgIpc) is 2.94. The van der Waals surface area contributed by atoms with E-state index in [2.05, 4.69) is 14.5 Å². The quantitative estimate of drug-likeness (QED) is 0.728. The number of carbonyl (C=O) groups excluding carboxylic acids is 1. The molecule has 1 atom stereocenters. The molecule has 0 radical (unpaired) electrons. The molecule has 94 valence electrons. The number of aromatic nitrogens is 2. The van der Waals surface area contributed by atoms with Gasteiger partial charge in [-0.2, -0.15) is 0 Å². The first kappa shape index (κ1) is 12.1. The Morgan fingerprint density at radius 3 is 3.06 bits per heavy atom. The Kier molecular flexibility index (Phi) is 3.78. The molecule has 17 heavy (non-hydrogen) atoms. The summed E-state index contributed by atoms with van der Waals surface area (Å²) in [5.41, 5.74) is 0. The highest BCUT2D eigenvalue weighted by Crippen LogP contribution is 2.18. The van der Waals surface area contributed by atoms with Crippen LogP contribution in [0.5, 0.6) is 0 Å². The minimum Gasteiger partial charge on any atom is -0.468 e. The van der Waals surface area contributed by atoms with E-state index in [0.717, 1.165) is 38.3 Å². The first-order chi connectivity index (χ1) is 8.22. The van der Waals surface area contributed by atoms with Crippen molar-refractivity contribution in [2.75, 3.05) is 20.2 Å². The van der Waals surface area contributed by atoms with Crippen molar-refractivity contribution < 1.29 is 9.53 Å². The van der Waals surface area contributed by atoms with Crippen LogP contribution in [-0.4, -0.2) is 46.7 Å². The number of hydrogen-bond donors (Lipinski definition) is 0. The van der Waals surface area contributed by atoms with E-state index >= 15 is 0 Å². The molecule has 1 aromatic heterocycles. The number of imidazole rings is 1. The maximum Gasteiger partial charge on any atom is 0.323 e. The maximum atomic E-state index is 11.6. The molecule has 2 heterocycles. The molecule has 0 aliphatic carbocycles. The summed E-state index contributed by atoms with van der Waals surface area (Å²) in [7, 11) is 1.46. The Morgan fingerprint density at radius 1 is 1.59 bits per heavy atom. The lowest BCUT2D eigenvalue weighted by molar-refractivity contribution is -0.145. The molecule has 1 saturated heterocycles. The predicted molar refractivity (Wildman–Crippen MR) is 63.6 cm³/mol. The fraction of sp³-hybridized carbons (Fsp3) is 0.667. The molecule has 5 heteroatoms. The maximum absolute atomic E-state index is 11.6.